The zero-order valence-corrected chi connectivity index (χ0v) is 17.5. The van der Waals surface area contributed by atoms with E-state index < -0.39 is 10.0 Å². The minimum Gasteiger partial charge on any atom is -0.494 e. The molecule has 1 aliphatic rings. The third kappa shape index (κ3) is 4.29. The van der Waals surface area contributed by atoms with Gasteiger partial charge in [0.05, 0.1) is 18.0 Å². The summed E-state index contributed by atoms with van der Waals surface area (Å²) in [5.74, 6) is 1.33. The summed E-state index contributed by atoms with van der Waals surface area (Å²) in [7, 11) is -3.50. The summed E-state index contributed by atoms with van der Waals surface area (Å²) >= 11 is 0. The topological polar surface area (TPSA) is 75.9 Å². The fraction of sp³-hybridized carbons (Fsp3) is 0.381. The minimum absolute atomic E-state index is 0.295. The maximum atomic E-state index is 12.9. The number of rotatable bonds is 6. The van der Waals surface area contributed by atoms with Gasteiger partial charge in [0.25, 0.3) is 0 Å². The molecule has 154 valence electrons. The number of sulfonamides is 1. The third-order valence-corrected chi connectivity index (χ3v) is 6.96. The molecule has 1 saturated heterocycles. The lowest BCUT2D eigenvalue weighted by Gasteiger charge is -2.33. The standard InChI is InChI=1S/C21H25N3O4S/c1-3-27-17-5-7-18(8-6-17)29(25,26)24-12-10-23(11-13-24)15-21-22-19-14-16(2)4-9-20(19)28-21/h4-9,14H,3,10-13,15H2,1-2H3. The molecule has 0 bridgehead atoms. The fourth-order valence-electron chi connectivity index (χ4n) is 3.50. The molecule has 3 aromatic rings. The highest BCUT2D eigenvalue weighted by atomic mass is 32.2. The van der Waals surface area contributed by atoms with Crippen LogP contribution in [0.1, 0.15) is 18.4 Å². The maximum absolute atomic E-state index is 12.9. The number of hydrogen-bond acceptors (Lipinski definition) is 6. The third-order valence-electron chi connectivity index (χ3n) is 5.05. The van der Waals surface area contributed by atoms with E-state index in [9.17, 15) is 8.42 Å². The van der Waals surface area contributed by atoms with Crippen LogP contribution in [0, 0.1) is 6.92 Å². The zero-order valence-electron chi connectivity index (χ0n) is 16.7. The van der Waals surface area contributed by atoms with Crippen LogP contribution in [-0.4, -0.2) is 55.4 Å². The lowest BCUT2D eigenvalue weighted by atomic mass is 10.2. The SMILES string of the molecule is CCOc1ccc(S(=O)(=O)N2CCN(Cc3nc4cc(C)ccc4o3)CC2)cc1. The van der Waals surface area contributed by atoms with Gasteiger partial charge in [-0.3, -0.25) is 4.90 Å². The Morgan fingerprint density at radius 3 is 2.48 bits per heavy atom. The van der Waals surface area contributed by atoms with Crippen molar-refractivity contribution in [3.05, 3.63) is 53.9 Å². The van der Waals surface area contributed by atoms with E-state index in [-0.39, 0.29) is 0 Å². The molecule has 0 unspecified atom stereocenters. The molecular weight excluding hydrogens is 390 g/mol. The number of oxazole rings is 1. The molecule has 0 aliphatic carbocycles. The van der Waals surface area contributed by atoms with E-state index in [4.69, 9.17) is 9.15 Å². The van der Waals surface area contributed by atoms with Crippen LogP contribution >= 0.6 is 0 Å². The fourth-order valence-corrected chi connectivity index (χ4v) is 4.92. The van der Waals surface area contributed by atoms with E-state index in [1.54, 1.807) is 24.3 Å². The Bertz CT molecular complexity index is 1080. The van der Waals surface area contributed by atoms with Gasteiger partial charge in [0.1, 0.15) is 11.3 Å². The predicted molar refractivity (Wildman–Crippen MR) is 110 cm³/mol. The molecule has 0 saturated carbocycles. The number of aryl methyl sites for hydroxylation is 1. The van der Waals surface area contributed by atoms with Gasteiger partial charge in [0.2, 0.25) is 15.9 Å². The molecule has 4 rings (SSSR count). The lowest BCUT2D eigenvalue weighted by molar-refractivity contribution is 0.169. The molecular formula is C21H25N3O4S. The van der Waals surface area contributed by atoms with Gasteiger partial charge in [0.15, 0.2) is 5.58 Å². The van der Waals surface area contributed by atoms with E-state index in [0.29, 0.717) is 55.9 Å². The van der Waals surface area contributed by atoms with E-state index >= 15 is 0 Å². The average Bonchev–Trinajstić information content (AvgIpc) is 3.10. The van der Waals surface area contributed by atoms with Crippen LogP contribution in [0.3, 0.4) is 0 Å². The van der Waals surface area contributed by atoms with Gasteiger partial charge in [-0.15, -0.1) is 0 Å². The first-order valence-electron chi connectivity index (χ1n) is 9.77. The number of fused-ring (bicyclic) bond motifs is 1. The van der Waals surface area contributed by atoms with E-state index in [2.05, 4.69) is 9.88 Å². The summed E-state index contributed by atoms with van der Waals surface area (Å²) in [5, 5.41) is 0. The first kappa shape index (κ1) is 19.9. The molecule has 2 aromatic carbocycles. The highest BCUT2D eigenvalue weighted by molar-refractivity contribution is 7.89. The van der Waals surface area contributed by atoms with Gasteiger partial charge in [0, 0.05) is 26.2 Å². The summed E-state index contributed by atoms with van der Waals surface area (Å²) in [4.78, 5) is 7.02. The van der Waals surface area contributed by atoms with Crippen LogP contribution in [0.25, 0.3) is 11.1 Å². The molecule has 7 nitrogen and oxygen atoms in total. The Balaban J connectivity index is 1.39. The van der Waals surface area contributed by atoms with Crippen LogP contribution in [-0.2, 0) is 16.6 Å². The van der Waals surface area contributed by atoms with Gasteiger partial charge in [-0.1, -0.05) is 6.07 Å². The van der Waals surface area contributed by atoms with Gasteiger partial charge < -0.3 is 9.15 Å². The molecule has 1 aliphatic heterocycles. The quantitative estimate of drug-likeness (QED) is 0.616. The number of piperazine rings is 1. The number of aromatic nitrogens is 1. The van der Waals surface area contributed by atoms with Gasteiger partial charge in [-0.2, -0.15) is 4.31 Å². The van der Waals surface area contributed by atoms with Crippen LogP contribution < -0.4 is 4.74 Å². The number of nitrogens with zero attached hydrogens (tertiary/aromatic N) is 3. The van der Waals surface area contributed by atoms with Crippen molar-refractivity contribution >= 4 is 21.1 Å². The second-order valence-electron chi connectivity index (χ2n) is 7.16. The molecule has 0 amide bonds. The normalized spacial score (nSPS) is 16.3. The summed E-state index contributed by atoms with van der Waals surface area (Å²) in [6.07, 6.45) is 0. The maximum Gasteiger partial charge on any atom is 0.243 e. The summed E-state index contributed by atoms with van der Waals surface area (Å²) in [6, 6.07) is 12.5. The molecule has 0 atom stereocenters. The van der Waals surface area contributed by atoms with Crippen LogP contribution in [0.15, 0.2) is 51.8 Å². The monoisotopic (exact) mass is 415 g/mol. The van der Waals surface area contributed by atoms with Crippen molar-refractivity contribution in [2.45, 2.75) is 25.3 Å². The van der Waals surface area contributed by atoms with Gasteiger partial charge in [-0.05, 0) is 55.8 Å². The van der Waals surface area contributed by atoms with Crippen molar-refractivity contribution in [2.24, 2.45) is 0 Å². The number of benzene rings is 2. The smallest absolute Gasteiger partial charge is 0.243 e. The molecule has 1 fully saturated rings. The van der Waals surface area contributed by atoms with Crippen molar-refractivity contribution in [1.29, 1.82) is 0 Å². The molecule has 2 heterocycles. The average molecular weight is 416 g/mol. The first-order chi connectivity index (χ1) is 14.0. The van der Waals surface area contributed by atoms with Crippen LogP contribution in [0.2, 0.25) is 0 Å². The Hall–Kier alpha value is -2.42. The molecule has 0 radical (unpaired) electrons. The first-order valence-corrected chi connectivity index (χ1v) is 11.2. The van der Waals surface area contributed by atoms with E-state index in [1.807, 2.05) is 32.0 Å². The van der Waals surface area contributed by atoms with Crippen molar-refractivity contribution in [3.8, 4) is 5.75 Å². The van der Waals surface area contributed by atoms with Crippen molar-refractivity contribution in [2.75, 3.05) is 32.8 Å². The summed E-state index contributed by atoms with van der Waals surface area (Å²) in [6.45, 7) is 7.19. The number of ether oxygens (including phenoxy) is 1. The summed E-state index contributed by atoms with van der Waals surface area (Å²) in [5.41, 5.74) is 2.78. The van der Waals surface area contributed by atoms with E-state index in [1.165, 1.54) is 4.31 Å². The second-order valence-corrected chi connectivity index (χ2v) is 9.10. The Morgan fingerprint density at radius 1 is 1.07 bits per heavy atom. The highest BCUT2D eigenvalue weighted by Crippen LogP contribution is 2.22. The minimum atomic E-state index is -3.50. The molecule has 1 aromatic heterocycles. The van der Waals surface area contributed by atoms with Crippen LogP contribution in [0.5, 0.6) is 5.75 Å². The largest absolute Gasteiger partial charge is 0.494 e. The Labute approximate surface area is 170 Å². The van der Waals surface area contributed by atoms with Crippen molar-refractivity contribution in [3.63, 3.8) is 0 Å². The molecule has 8 heteroatoms. The van der Waals surface area contributed by atoms with Gasteiger partial charge in [-0.25, -0.2) is 13.4 Å². The highest BCUT2D eigenvalue weighted by Gasteiger charge is 2.29. The van der Waals surface area contributed by atoms with Crippen LogP contribution in [0.4, 0.5) is 0 Å². The molecule has 0 N–H and O–H groups in total. The Kier molecular flexibility index (Phi) is 5.58. The summed E-state index contributed by atoms with van der Waals surface area (Å²) < 4.78 is 38.6. The van der Waals surface area contributed by atoms with Crippen molar-refractivity contribution < 1.29 is 17.6 Å². The predicted octanol–water partition coefficient (Wildman–Crippen LogP) is 3.04. The van der Waals surface area contributed by atoms with Gasteiger partial charge >= 0.3 is 0 Å². The Morgan fingerprint density at radius 2 is 1.79 bits per heavy atom. The van der Waals surface area contributed by atoms with Crippen molar-refractivity contribution in [1.82, 2.24) is 14.2 Å². The lowest BCUT2D eigenvalue weighted by Crippen LogP contribution is -2.48. The molecule has 29 heavy (non-hydrogen) atoms. The number of hydrogen-bond donors (Lipinski definition) is 0. The second kappa shape index (κ2) is 8.14. The zero-order chi connectivity index (χ0) is 20.4. The van der Waals surface area contributed by atoms with E-state index in [0.717, 1.165) is 16.7 Å². The molecule has 0 spiro atoms.